The average Bonchev–Trinajstić information content (AvgIpc) is 2.10. The third kappa shape index (κ3) is 4.04. The van der Waals surface area contributed by atoms with E-state index in [-0.39, 0.29) is 18.6 Å². The summed E-state index contributed by atoms with van der Waals surface area (Å²) in [5.41, 5.74) is 0.372. The van der Waals surface area contributed by atoms with Crippen molar-refractivity contribution in [2.75, 3.05) is 6.61 Å². The van der Waals surface area contributed by atoms with Crippen molar-refractivity contribution in [1.29, 1.82) is 0 Å². The topological polar surface area (TPSA) is 94.8 Å². The summed E-state index contributed by atoms with van der Waals surface area (Å²) in [4.78, 5) is 21.1. The summed E-state index contributed by atoms with van der Waals surface area (Å²) >= 11 is 0. The molecule has 14 heavy (non-hydrogen) atoms. The Bertz CT molecular complexity index is 254. The van der Waals surface area contributed by atoms with Gasteiger partial charge in [-0.1, -0.05) is 12.5 Å². The Hall–Kier alpha value is -1.36. The third-order valence-corrected chi connectivity index (χ3v) is 1.85. The van der Waals surface area contributed by atoms with Crippen molar-refractivity contribution >= 4 is 11.9 Å². The predicted molar refractivity (Wildman–Crippen MR) is 48.9 cm³/mol. The Balaban J connectivity index is 4.88. The van der Waals surface area contributed by atoms with Crippen LogP contribution in [0, 0.1) is 0 Å². The van der Waals surface area contributed by atoms with Crippen molar-refractivity contribution < 1.29 is 24.9 Å². The molecule has 0 aromatic rings. The van der Waals surface area contributed by atoms with Crippen LogP contribution in [0.4, 0.5) is 0 Å². The lowest BCUT2D eigenvalue weighted by atomic mass is 10.0. The van der Waals surface area contributed by atoms with Gasteiger partial charge in [-0.15, -0.1) is 0 Å². The fourth-order valence-electron chi connectivity index (χ4n) is 1.18. The molecule has 0 amide bonds. The van der Waals surface area contributed by atoms with E-state index in [4.69, 9.17) is 15.3 Å². The molecule has 5 heteroatoms. The summed E-state index contributed by atoms with van der Waals surface area (Å²) in [5, 5.41) is 25.9. The summed E-state index contributed by atoms with van der Waals surface area (Å²) in [6.07, 6.45) is 0.152. The number of carbonyl (C=O) groups is 2. The maximum Gasteiger partial charge on any atom is 0.332 e. The highest BCUT2D eigenvalue weighted by molar-refractivity contribution is 5.92. The fourth-order valence-corrected chi connectivity index (χ4v) is 1.18. The number of aliphatic hydroxyl groups excluding tert-OH is 1. The molecule has 0 heterocycles. The molecule has 0 spiro atoms. The molecule has 0 rings (SSSR count). The maximum atomic E-state index is 10.7. The van der Waals surface area contributed by atoms with E-state index in [1.165, 1.54) is 0 Å². The first kappa shape index (κ1) is 12.6. The van der Waals surface area contributed by atoms with Crippen LogP contribution in [0.1, 0.15) is 26.2 Å². The summed E-state index contributed by atoms with van der Waals surface area (Å²) in [7, 11) is 0. The Kier molecular flexibility index (Phi) is 5.55. The minimum absolute atomic E-state index is 0.117. The third-order valence-electron chi connectivity index (χ3n) is 1.85. The fraction of sp³-hybridized carbons (Fsp3) is 0.556. The molecule has 0 aliphatic rings. The van der Waals surface area contributed by atoms with Crippen LogP contribution < -0.4 is 0 Å². The molecular formula is C9H14O5. The minimum atomic E-state index is -1.22. The monoisotopic (exact) mass is 202 g/mol. The number of carboxylic acids is 2. The van der Waals surface area contributed by atoms with Gasteiger partial charge in [0.05, 0.1) is 6.42 Å². The molecule has 5 nitrogen and oxygen atoms in total. The number of carboxylic acid groups (broad SMARTS) is 2. The molecule has 0 aromatic heterocycles. The van der Waals surface area contributed by atoms with E-state index < -0.39 is 18.4 Å². The van der Waals surface area contributed by atoms with Gasteiger partial charge in [0.1, 0.15) is 0 Å². The second-order valence-electron chi connectivity index (χ2n) is 2.78. The molecular weight excluding hydrogens is 188 g/mol. The first-order chi connectivity index (χ1) is 6.52. The van der Waals surface area contributed by atoms with E-state index in [0.717, 1.165) is 0 Å². The molecule has 80 valence electrons. The Labute approximate surface area is 81.7 Å². The zero-order valence-corrected chi connectivity index (χ0v) is 7.99. The van der Waals surface area contributed by atoms with Crippen molar-refractivity contribution in [2.45, 2.75) is 26.2 Å². The van der Waals surface area contributed by atoms with Gasteiger partial charge < -0.3 is 15.3 Å². The number of rotatable bonds is 6. The van der Waals surface area contributed by atoms with Crippen molar-refractivity contribution in [2.24, 2.45) is 0 Å². The summed E-state index contributed by atoms with van der Waals surface area (Å²) in [6, 6.07) is 0. The van der Waals surface area contributed by atoms with E-state index >= 15 is 0 Å². The van der Waals surface area contributed by atoms with Gasteiger partial charge in [0, 0.05) is 12.2 Å². The largest absolute Gasteiger partial charge is 0.481 e. The van der Waals surface area contributed by atoms with Crippen LogP contribution in [-0.4, -0.2) is 33.9 Å². The number of aliphatic carboxylic acids is 2. The van der Waals surface area contributed by atoms with Crippen LogP contribution in [0.5, 0.6) is 0 Å². The highest BCUT2D eigenvalue weighted by Gasteiger charge is 2.16. The van der Waals surface area contributed by atoms with Gasteiger partial charge in [-0.05, 0) is 12.8 Å². The molecule has 0 aliphatic carbocycles. The van der Waals surface area contributed by atoms with Gasteiger partial charge >= 0.3 is 11.9 Å². The molecule has 0 aliphatic heterocycles. The van der Waals surface area contributed by atoms with Crippen LogP contribution in [-0.2, 0) is 9.59 Å². The first-order valence-corrected chi connectivity index (χ1v) is 4.29. The van der Waals surface area contributed by atoms with E-state index in [9.17, 15) is 9.59 Å². The van der Waals surface area contributed by atoms with Crippen molar-refractivity contribution in [3.63, 3.8) is 0 Å². The van der Waals surface area contributed by atoms with E-state index in [2.05, 4.69) is 0 Å². The van der Waals surface area contributed by atoms with Crippen LogP contribution in [0.15, 0.2) is 11.1 Å². The molecule has 0 radical (unpaired) electrons. The minimum Gasteiger partial charge on any atom is -0.481 e. The predicted octanol–water partition coefficient (Wildman–Crippen LogP) is 0.635. The lowest BCUT2D eigenvalue weighted by Gasteiger charge is -2.07. The Morgan fingerprint density at radius 3 is 2.07 bits per heavy atom. The van der Waals surface area contributed by atoms with Crippen molar-refractivity contribution in [3.05, 3.63) is 11.1 Å². The van der Waals surface area contributed by atoms with Gasteiger partial charge in [-0.2, -0.15) is 0 Å². The molecule has 3 N–H and O–H groups in total. The van der Waals surface area contributed by atoms with Gasteiger partial charge in [0.15, 0.2) is 0 Å². The lowest BCUT2D eigenvalue weighted by Crippen LogP contribution is -2.10. The van der Waals surface area contributed by atoms with Gasteiger partial charge in [0.2, 0.25) is 0 Å². The van der Waals surface area contributed by atoms with E-state index in [1.54, 1.807) is 6.92 Å². The average molecular weight is 202 g/mol. The molecule has 0 saturated carbocycles. The van der Waals surface area contributed by atoms with Gasteiger partial charge in [0.25, 0.3) is 0 Å². The first-order valence-electron chi connectivity index (χ1n) is 4.29. The van der Waals surface area contributed by atoms with E-state index in [1.807, 2.05) is 0 Å². The van der Waals surface area contributed by atoms with Crippen LogP contribution in [0.2, 0.25) is 0 Å². The zero-order chi connectivity index (χ0) is 11.1. The Morgan fingerprint density at radius 2 is 1.79 bits per heavy atom. The van der Waals surface area contributed by atoms with Crippen LogP contribution >= 0.6 is 0 Å². The molecule has 0 aromatic carbocycles. The summed E-state index contributed by atoms with van der Waals surface area (Å²) in [6.45, 7) is 1.56. The number of aliphatic hydroxyl groups is 1. The highest BCUT2D eigenvalue weighted by atomic mass is 16.4. The highest BCUT2D eigenvalue weighted by Crippen LogP contribution is 2.16. The standard InChI is InChI=1S/C9H14O5/c1-2-6(3-4-10)7(9(13)14)5-8(11)12/h10H,2-5H2,1H3,(H,11,12)(H,13,14). The van der Waals surface area contributed by atoms with Gasteiger partial charge in [-0.25, -0.2) is 4.79 Å². The molecule has 0 saturated heterocycles. The second kappa shape index (κ2) is 6.15. The number of hydrogen-bond acceptors (Lipinski definition) is 3. The SMILES string of the molecule is CCC(CCO)=C(CC(=O)O)C(=O)O. The molecule has 0 unspecified atom stereocenters. The summed E-state index contributed by atoms with van der Waals surface area (Å²) < 4.78 is 0. The van der Waals surface area contributed by atoms with Crippen molar-refractivity contribution in [3.8, 4) is 0 Å². The van der Waals surface area contributed by atoms with Crippen LogP contribution in [0.3, 0.4) is 0 Å². The Morgan fingerprint density at radius 1 is 1.21 bits per heavy atom. The smallest absolute Gasteiger partial charge is 0.332 e. The second-order valence-corrected chi connectivity index (χ2v) is 2.78. The molecule has 0 atom stereocenters. The molecule has 0 bridgehead atoms. The maximum absolute atomic E-state index is 10.7. The number of hydrogen-bond donors (Lipinski definition) is 3. The zero-order valence-electron chi connectivity index (χ0n) is 7.99. The lowest BCUT2D eigenvalue weighted by molar-refractivity contribution is -0.139. The van der Waals surface area contributed by atoms with E-state index in [0.29, 0.717) is 12.0 Å². The van der Waals surface area contributed by atoms with Crippen molar-refractivity contribution in [1.82, 2.24) is 0 Å². The quantitative estimate of drug-likeness (QED) is 0.549. The normalized spacial score (nSPS) is 12.1. The molecule has 0 fully saturated rings. The van der Waals surface area contributed by atoms with Crippen LogP contribution in [0.25, 0.3) is 0 Å². The summed E-state index contributed by atoms with van der Waals surface area (Å²) in [5.74, 6) is -2.40. The van der Waals surface area contributed by atoms with Gasteiger partial charge in [-0.3, -0.25) is 4.79 Å².